The first-order valence-corrected chi connectivity index (χ1v) is 11.4. The number of ketones is 1. The normalized spacial score (nSPS) is 17.2. The van der Waals surface area contributed by atoms with Gasteiger partial charge in [-0.15, -0.1) is 0 Å². The molecule has 2 aromatic rings. The van der Waals surface area contributed by atoms with Crippen molar-refractivity contribution in [3.63, 3.8) is 0 Å². The van der Waals surface area contributed by atoms with Crippen LogP contribution in [0.3, 0.4) is 0 Å². The Morgan fingerprint density at radius 1 is 1.11 bits per heavy atom. The van der Waals surface area contributed by atoms with Crippen molar-refractivity contribution in [2.75, 3.05) is 26.9 Å². The van der Waals surface area contributed by atoms with Crippen LogP contribution in [0.2, 0.25) is 0 Å². The number of hydrogen-bond acceptors (Lipinski definition) is 7. The number of Topliss-reactive ketones (excluding diaryl/α,β-unsaturated/α-hetero) is 1. The SMILES string of the molecule is COCCN1C(=O)C(=O)/C(=C(\O)c2ccc(OCC(C)C)c(C)c2)C1c1ccc(OC(C)=O)cc1. The Morgan fingerprint density at radius 2 is 1.80 bits per heavy atom. The first-order chi connectivity index (χ1) is 16.6. The fraction of sp³-hybridized carbons (Fsp3) is 0.370. The van der Waals surface area contributed by atoms with Crippen LogP contribution in [0.5, 0.6) is 11.5 Å². The van der Waals surface area contributed by atoms with Crippen LogP contribution in [-0.4, -0.2) is 54.5 Å². The molecule has 1 unspecified atom stereocenters. The molecule has 1 aliphatic heterocycles. The molecule has 0 radical (unpaired) electrons. The molecular weight excluding hydrogens is 450 g/mol. The average molecular weight is 482 g/mol. The van der Waals surface area contributed by atoms with E-state index in [1.165, 1.54) is 18.9 Å². The minimum Gasteiger partial charge on any atom is -0.507 e. The molecule has 1 aliphatic rings. The van der Waals surface area contributed by atoms with E-state index in [0.717, 1.165) is 5.56 Å². The minimum absolute atomic E-state index is 0.0124. The molecule has 1 N–H and O–H groups in total. The minimum atomic E-state index is -0.825. The lowest BCUT2D eigenvalue weighted by atomic mass is 9.94. The number of aliphatic hydroxyl groups excluding tert-OH is 1. The number of likely N-dealkylation sites (tertiary alicyclic amines) is 1. The van der Waals surface area contributed by atoms with Crippen molar-refractivity contribution in [2.24, 2.45) is 5.92 Å². The van der Waals surface area contributed by atoms with E-state index in [0.29, 0.717) is 35.2 Å². The predicted molar refractivity (Wildman–Crippen MR) is 130 cm³/mol. The van der Waals surface area contributed by atoms with Crippen LogP contribution in [0.1, 0.15) is 43.5 Å². The highest BCUT2D eigenvalue weighted by atomic mass is 16.5. The van der Waals surface area contributed by atoms with Gasteiger partial charge in [0, 0.05) is 26.1 Å². The van der Waals surface area contributed by atoms with Crippen LogP contribution in [0.15, 0.2) is 48.0 Å². The summed E-state index contributed by atoms with van der Waals surface area (Å²) in [4.78, 5) is 38.6. The van der Waals surface area contributed by atoms with Crippen molar-refractivity contribution in [2.45, 2.75) is 33.7 Å². The van der Waals surface area contributed by atoms with Crippen LogP contribution in [0.25, 0.3) is 5.76 Å². The second kappa shape index (κ2) is 11.2. The van der Waals surface area contributed by atoms with E-state index in [2.05, 4.69) is 13.8 Å². The second-order valence-corrected chi connectivity index (χ2v) is 8.83. The molecule has 1 amide bonds. The summed E-state index contributed by atoms with van der Waals surface area (Å²) >= 11 is 0. The Hall–Kier alpha value is -3.65. The lowest BCUT2D eigenvalue weighted by Crippen LogP contribution is -2.32. The van der Waals surface area contributed by atoms with Crippen LogP contribution in [-0.2, 0) is 19.1 Å². The van der Waals surface area contributed by atoms with Gasteiger partial charge < -0.3 is 24.2 Å². The number of esters is 1. The summed E-state index contributed by atoms with van der Waals surface area (Å²) in [7, 11) is 1.51. The standard InChI is InChI=1S/C27H31NO7/c1-16(2)15-34-22-11-8-20(14-17(22)3)25(30)23-24(28(12-13-33-5)27(32)26(23)31)19-6-9-21(10-7-19)35-18(4)29/h6-11,14,16,24,30H,12-13,15H2,1-5H3/b25-23-. The van der Waals surface area contributed by atoms with Crippen molar-refractivity contribution in [1.82, 2.24) is 4.90 Å². The van der Waals surface area contributed by atoms with Crippen molar-refractivity contribution in [3.05, 3.63) is 64.7 Å². The maximum absolute atomic E-state index is 13.1. The van der Waals surface area contributed by atoms with Gasteiger partial charge in [-0.25, -0.2) is 0 Å². The molecule has 0 bridgehead atoms. The second-order valence-electron chi connectivity index (χ2n) is 8.83. The van der Waals surface area contributed by atoms with Crippen LogP contribution in [0, 0.1) is 12.8 Å². The smallest absolute Gasteiger partial charge is 0.308 e. The van der Waals surface area contributed by atoms with Gasteiger partial charge in [0.25, 0.3) is 11.7 Å². The lowest BCUT2D eigenvalue weighted by molar-refractivity contribution is -0.140. The van der Waals surface area contributed by atoms with Crippen LogP contribution in [0.4, 0.5) is 0 Å². The number of benzene rings is 2. The number of aryl methyl sites for hydroxylation is 1. The highest BCUT2D eigenvalue weighted by Gasteiger charge is 2.45. The number of nitrogens with zero attached hydrogens (tertiary/aromatic N) is 1. The molecule has 35 heavy (non-hydrogen) atoms. The van der Waals surface area contributed by atoms with Gasteiger partial charge in [-0.2, -0.15) is 0 Å². The fourth-order valence-corrected chi connectivity index (χ4v) is 3.90. The molecule has 1 saturated heterocycles. The molecule has 2 aromatic carbocycles. The molecule has 0 spiro atoms. The van der Waals surface area contributed by atoms with Gasteiger partial charge in [-0.3, -0.25) is 14.4 Å². The van der Waals surface area contributed by atoms with Gasteiger partial charge in [-0.1, -0.05) is 26.0 Å². The Morgan fingerprint density at radius 3 is 2.37 bits per heavy atom. The topological polar surface area (TPSA) is 102 Å². The maximum atomic E-state index is 13.1. The first kappa shape index (κ1) is 26.0. The molecule has 3 rings (SSSR count). The first-order valence-electron chi connectivity index (χ1n) is 11.4. The van der Waals surface area contributed by atoms with Crippen molar-refractivity contribution < 1.29 is 33.7 Å². The van der Waals surface area contributed by atoms with Crippen LogP contribution >= 0.6 is 0 Å². The van der Waals surface area contributed by atoms with E-state index in [-0.39, 0.29) is 24.5 Å². The van der Waals surface area contributed by atoms with Crippen molar-refractivity contribution >= 4 is 23.4 Å². The molecular formula is C27H31NO7. The number of rotatable bonds is 9. The third kappa shape index (κ3) is 5.89. The summed E-state index contributed by atoms with van der Waals surface area (Å²) in [6.07, 6.45) is 0. The number of carbonyl (C=O) groups is 3. The van der Waals surface area contributed by atoms with Gasteiger partial charge in [0.1, 0.15) is 17.3 Å². The van der Waals surface area contributed by atoms with E-state index >= 15 is 0 Å². The predicted octanol–water partition coefficient (Wildman–Crippen LogP) is 4.02. The number of methoxy groups -OCH3 is 1. The summed E-state index contributed by atoms with van der Waals surface area (Å²) in [6.45, 7) is 8.20. The lowest BCUT2D eigenvalue weighted by Gasteiger charge is -2.25. The Balaban J connectivity index is 2.05. The molecule has 1 fully saturated rings. The highest BCUT2D eigenvalue weighted by molar-refractivity contribution is 6.46. The van der Waals surface area contributed by atoms with Crippen molar-refractivity contribution in [1.29, 1.82) is 0 Å². The van der Waals surface area contributed by atoms with E-state index in [4.69, 9.17) is 14.2 Å². The Bertz CT molecular complexity index is 1130. The summed E-state index contributed by atoms with van der Waals surface area (Å²) < 4.78 is 16.0. The summed E-state index contributed by atoms with van der Waals surface area (Å²) in [5.41, 5.74) is 1.78. The molecule has 1 heterocycles. The molecule has 186 valence electrons. The number of ether oxygens (including phenoxy) is 3. The number of amides is 1. The zero-order valence-corrected chi connectivity index (χ0v) is 20.7. The number of hydrogen-bond donors (Lipinski definition) is 1. The zero-order chi connectivity index (χ0) is 25.7. The summed E-state index contributed by atoms with van der Waals surface area (Å²) in [5, 5.41) is 11.2. The molecule has 8 heteroatoms. The number of aliphatic hydroxyl groups is 1. The molecule has 0 aromatic heterocycles. The maximum Gasteiger partial charge on any atom is 0.308 e. The number of carbonyl (C=O) groups excluding carboxylic acids is 3. The Kier molecular flexibility index (Phi) is 8.30. The fourth-order valence-electron chi connectivity index (χ4n) is 3.90. The average Bonchev–Trinajstić information content (AvgIpc) is 3.06. The molecule has 8 nitrogen and oxygen atoms in total. The summed E-state index contributed by atoms with van der Waals surface area (Å²) in [5.74, 6) is -0.832. The van der Waals surface area contributed by atoms with E-state index in [9.17, 15) is 19.5 Å². The zero-order valence-electron chi connectivity index (χ0n) is 20.7. The quantitative estimate of drug-likeness (QED) is 0.190. The molecule has 0 aliphatic carbocycles. The van der Waals surface area contributed by atoms with Gasteiger partial charge >= 0.3 is 5.97 Å². The van der Waals surface area contributed by atoms with Crippen LogP contribution < -0.4 is 9.47 Å². The van der Waals surface area contributed by atoms with E-state index < -0.39 is 23.7 Å². The van der Waals surface area contributed by atoms with E-state index in [1.807, 2.05) is 6.92 Å². The van der Waals surface area contributed by atoms with Gasteiger partial charge in [0.05, 0.1) is 24.8 Å². The van der Waals surface area contributed by atoms with Crippen molar-refractivity contribution in [3.8, 4) is 11.5 Å². The monoisotopic (exact) mass is 481 g/mol. The highest BCUT2D eigenvalue weighted by Crippen LogP contribution is 2.40. The largest absolute Gasteiger partial charge is 0.507 e. The third-order valence-corrected chi connectivity index (χ3v) is 5.55. The summed E-state index contributed by atoms with van der Waals surface area (Å²) in [6, 6.07) is 10.8. The third-order valence-electron chi connectivity index (χ3n) is 5.55. The van der Waals surface area contributed by atoms with Gasteiger partial charge in [0.15, 0.2) is 0 Å². The van der Waals surface area contributed by atoms with Gasteiger partial charge in [-0.05, 0) is 54.3 Å². The Labute approximate surface area is 205 Å². The molecule has 0 saturated carbocycles. The van der Waals surface area contributed by atoms with Gasteiger partial charge in [0.2, 0.25) is 0 Å². The molecule has 1 atom stereocenters. The van der Waals surface area contributed by atoms with E-state index in [1.54, 1.807) is 42.5 Å².